The number of aliphatic hydroxyl groups excluding tert-OH is 18. The summed E-state index contributed by atoms with van der Waals surface area (Å²) in [5, 5.41) is 210. The number of aliphatic hydroxyl groups is 18. The molecule has 0 saturated carbocycles. The van der Waals surface area contributed by atoms with Gasteiger partial charge in [-0.2, -0.15) is 0 Å². The second-order valence-corrected chi connectivity index (χ2v) is 20.3. The molecular weight excluding hydrogens is 1140 g/mol. The molecule has 21 saturated heterocycles. The fourth-order valence-electron chi connectivity index (χ4n) is 11.0. The minimum Gasteiger partial charge on any atom is -0.394 e. The lowest BCUT2D eigenvalue weighted by molar-refractivity contribution is -0.389. The van der Waals surface area contributed by atoms with E-state index in [4.69, 9.17) is 66.3 Å². The zero-order valence-electron chi connectivity index (χ0n) is 42.9. The van der Waals surface area contributed by atoms with Crippen molar-refractivity contribution in [3.63, 3.8) is 0 Å². The zero-order chi connectivity index (χ0) is 60.3. The average Bonchev–Trinajstić information content (AvgIpc) is 3.43. The van der Waals surface area contributed by atoms with E-state index in [2.05, 4.69) is 30.1 Å². The molecule has 21 aliphatic heterocycles. The molecule has 472 valence electrons. The van der Waals surface area contributed by atoms with Crippen LogP contribution in [-0.2, 0) is 66.3 Å². The summed E-state index contributed by atoms with van der Waals surface area (Å²) in [7, 11) is 0. The maximum Gasteiger partial charge on any atom is 0.187 e. The Kier molecular flexibility index (Phi) is 22.7. The summed E-state index contributed by atoms with van der Waals surface area (Å²) in [6.07, 6.45) is -64.7. The van der Waals surface area contributed by atoms with E-state index in [0.717, 1.165) is 0 Å². The minimum absolute atomic E-state index is 1.08. The van der Waals surface area contributed by atoms with Gasteiger partial charge in [-0.15, -0.1) is 0 Å². The van der Waals surface area contributed by atoms with E-state index in [1.165, 1.54) is 0 Å². The molecule has 0 aromatic rings. The molecule has 0 unspecified atom stereocenters. The van der Waals surface area contributed by atoms with Gasteiger partial charge in [-0.3, -0.25) is 0 Å². The van der Waals surface area contributed by atoms with Crippen molar-refractivity contribution in [1.82, 2.24) is 0 Å². The first-order valence-corrected chi connectivity index (χ1v) is 25.8. The molecule has 0 aliphatic carbocycles. The van der Waals surface area contributed by atoms with Gasteiger partial charge in [-0.05, 0) is 16.6 Å². The molecule has 21 rings (SSSR count). The molecule has 83 heavy (non-hydrogen) atoms. The summed E-state index contributed by atoms with van der Waals surface area (Å²) >= 11 is 0. The van der Waals surface area contributed by atoms with Gasteiger partial charge < -0.3 is 158 Å². The molecule has 21 aliphatic rings. The molecular formula is C42H67N9O32. The van der Waals surface area contributed by atoms with Gasteiger partial charge in [0, 0.05) is 14.7 Å². The molecule has 0 spiro atoms. The van der Waals surface area contributed by atoms with Crippen molar-refractivity contribution in [2.75, 3.05) is 46.2 Å². The molecule has 0 aromatic heterocycles. The van der Waals surface area contributed by atoms with E-state index in [9.17, 15) is 109 Å². The second-order valence-electron chi connectivity index (χ2n) is 20.3. The summed E-state index contributed by atoms with van der Waals surface area (Å²) in [6, 6.07) is -5.74. The SMILES string of the molecule is [N-]=[N+]=N[C@@H]1[C@@H](O)[C@H]2O[C@H]3[C@H](O)[C@@H](O)[C@@H](O[C@H]4[C@H](O)[C@@H](O)[C@@H](O[C@H]5[C@H](N=[N+]=[N-])[C@@H](O)[C@@H](O[C@H]6[C@H](O)[C@@H](O)[C@@H](O[C@H]7[C@H](N=[N+]=[N-])[C@@H](O)[C@@H](O[C@H]8[C@H](O)[C@@H](O)[C@@H](O[C@@H]1[C@@H](CO)O2)O[C@@H]8CO)O[C@@H]7CO)O[C@@H]6CO)O[C@@H]5CO)O[C@@H]4CO)O[C@@H]3CO. The fraction of sp³-hybridized carbons (Fsp3) is 1.00. The third-order valence-corrected chi connectivity index (χ3v) is 15.3. The van der Waals surface area contributed by atoms with Crippen molar-refractivity contribution in [2.45, 2.75) is 215 Å². The van der Waals surface area contributed by atoms with E-state index in [0.29, 0.717) is 0 Å². The van der Waals surface area contributed by atoms with Crippen LogP contribution in [0.5, 0.6) is 0 Å². The molecule has 18 N–H and O–H groups in total. The van der Waals surface area contributed by atoms with E-state index in [-0.39, 0.29) is 0 Å². The predicted molar refractivity (Wildman–Crippen MR) is 249 cm³/mol. The molecule has 41 heteroatoms. The predicted octanol–water partition coefficient (Wildman–Crippen LogP) is -11.3. The van der Waals surface area contributed by atoms with E-state index >= 15 is 0 Å². The highest BCUT2D eigenvalue weighted by atomic mass is 16.8. The van der Waals surface area contributed by atoms with Gasteiger partial charge in [-0.1, -0.05) is 15.3 Å². The first kappa shape index (κ1) is 65.6. The second kappa shape index (κ2) is 28.7. The van der Waals surface area contributed by atoms with Crippen molar-refractivity contribution < 1.29 is 158 Å². The standard InChI is InChI=1S/C42H67N9O32/c43-49-46-15-18(59)36-70-8(1-52)29(15)77-39-25(66)21(62)33(12(5-56)73-39)81-37-19(60)16(47-50-44)31(10(3-54)71-37)79-41-27(68)23(64)35(14(7-58)75-41)83-42-28(69)24(65)34(13(6-57)76-42)82-38-20(61)17(48-51-45)30(9(2-53)72-38)78-40-26(67)22(63)32(80-36)11(4-55)74-40/h8-42,52-69H,1-7H2/t8-,9-,10-,11-,12-,13-,14-,15-,16-,17-,18-,19-,20-,21-,22-,23-,24-,25-,26-,27-,28-,29-,30-,31-,32-,33-,34-,35-,36-,37-,38-,39-,40-,41-,42-/m1/s1. The summed E-state index contributed by atoms with van der Waals surface area (Å²) in [6.45, 7) is -7.56. The topological polar surface area (TPSA) is 640 Å². The van der Waals surface area contributed by atoms with Crippen LogP contribution in [0.25, 0.3) is 31.3 Å². The molecule has 21 heterocycles. The molecule has 35 atom stereocenters. The van der Waals surface area contributed by atoms with Gasteiger partial charge in [0.1, 0.15) is 153 Å². The first-order valence-electron chi connectivity index (χ1n) is 25.8. The number of azide groups is 3. The number of hydrogen-bond acceptors (Lipinski definition) is 35. The third kappa shape index (κ3) is 13.1. The van der Waals surface area contributed by atoms with Gasteiger partial charge in [0.2, 0.25) is 0 Å². The van der Waals surface area contributed by atoms with E-state index in [1.807, 2.05) is 0 Å². The maximum absolute atomic E-state index is 11.6. The van der Waals surface area contributed by atoms with Crippen molar-refractivity contribution in [3.8, 4) is 0 Å². The largest absolute Gasteiger partial charge is 0.394 e. The van der Waals surface area contributed by atoms with Crippen LogP contribution in [0.3, 0.4) is 0 Å². The van der Waals surface area contributed by atoms with Crippen molar-refractivity contribution >= 4 is 0 Å². The van der Waals surface area contributed by atoms with E-state index in [1.54, 1.807) is 0 Å². The van der Waals surface area contributed by atoms with Gasteiger partial charge >= 0.3 is 0 Å². The Morgan fingerprint density at radius 2 is 0.386 bits per heavy atom. The lowest BCUT2D eigenvalue weighted by Gasteiger charge is -2.50. The van der Waals surface area contributed by atoms with E-state index < -0.39 is 261 Å². The Hall–Kier alpha value is -3.35. The Labute approximate surface area is 465 Å². The van der Waals surface area contributed by atoms with Crippen LogP contribution >= 0.6 is 0 Å². The molecule has 41 nitrogen and oxygen atoms in total. The van der Waals surface area contributed by atoms with Gasteiger partial charge in [-0.25, -0.2) is 0 Å². The molecule has 14 bridgehead atoms. The number of ether oxygens (including phenoxy) is 14. The number of rotatable bonds is 10. The number of nitrogens with zero attached hydrogens (tertiary/aromatic N) is 9. The maximum atomic E-state index is 11.6. The van der Waals surface area contributed by atoms with Gasteiger partial charge in [0.15, 0.2) is 44.0 Å². The summed E-state index contributed by atoms with van der Waals surface area (Å²) < 4.78 is 80.9. The zero-order valence-corrected chi connectivity index (χ0v) is 42.9. The minimum atomic E-state index is -2.26. The van der Waals surface area contributed by atoms with Crippen molar-refractivity contribution in [2.24, 2.45) is 15.3 Å². The highest BCUT2D eigenvalue weighted by Crippen LogP contribution is 2.40. The third-order valence-electron chi connectivity index (χ3n) is 15.3. The van der Waals surface area contributed by atoms with Crippen LogP contribution in [0.2, 0.25) is 0 Å². The van der Waals surface area contributed by atoms with Crippen LogP contribution in [0.4, 0.5) is 0 Å². The highest BCUT2D eigenvalue weighted by molar-refractivity contribution is 5.04. The van der Waals surface area contributed by atoms with Gasteiger partial charge in [0.05, 0.1) is 64.4 Å². The lowest BCUT2D eigenvalue weighted by atomic mass is 9.94. The Bertz CT molecular complexity index is 2220. The van der Waals surface area contributed by atoms with Crippen LogP contribution in [-0.4, -0.2) is 353 Å². The first-order chi connectivity index (χ1) is 39.8. The number of hydrogen-bond donors (Lipinski definition) is 18. The Balaban J connectivity index is 1.13. The smallest absolute Gasteiger partial charge is 0.187 e. The molecule has 0 amide bonds. The highest BCUT2D eigenvalue weighted by Gasteiger charge is 2.59. The summed E-state index contributed by atoms with van der Waals surface area (Å²) in [5.74, 6) is 0. The summed E-state index contributed by atoms with van der Waals surface area (Å²) in [5.41, 5.74) is 28.8. The Morgan fingerprint density at radius 1 is 0.229 bits per heavy atom. The molecule has 0 radical (unpaired) electrons. The molecule has 21 fully saturated rings. The summed E-state index contributed by atoms with van der Waals surface area (Å²) in [4.78, 5) is 8.09. The van der Waals surface area contributed by atoms with Crippen molar-refractivity contribution in [3.05, 3.63) is 31.3 Å². The monoisotopic (exact) mass is 1210 g/mol. The van der Waals surface area contributed by atoms with Crippen LogP contribution in [0.15, 0.2) is 15.3 Å². The van der Waals surface area contributed by atoms with Crippen molar-refractivity contribution in [1.29, 1.82) is 0 Å². The van der Waals surface area contributed by atoms with Gasteiger partial charge in [0.25, 0.3) is 0 Å². The normalized spacial score (nSPS) is 51.8. The Morgan fingerprint density at radius 3 is 0.554 bits per heavy atom. The molecule has 0 aromatic carbocycles. The quantitative estimate of drug-likeness (QED) is 0.0549. The average molecular weight is 1210 g/mol. The fourth-order valence-corrected chi connectivity index (χ4v) is 11.0. The van der Waals surface area contributed by atoms with Crippen LogP contribution < -0.4 is 0 Å². The van der Waals surface area contributed by atoms with Crippen LogP contribution in [0, 0.1) is 0 Å². The lowest BCUT2D eigenvalue weighted by Crippen LogP contribution is -2.68. The van der Waals surface area contributed by atoms with Crippen LogP contribution in [0.1, 0.15) is 0 Å².